The minimum absolute atomic E-state index is 0.00274. The maximum absolute atomic E-state index is 14.6. The molecule has 1 aromatic carbocycles. The van der Waals surface area contributed by atoms with Crippen LogP contribution < -0.4 is 15.8 Å². The third kappa shape index (κ3) is 7.04. The third-order valence-electron chi connectivity index (χ3n) is 5.20. The molecule has 2 atom stereocenters. The Balaban J connectivity index is 1.70. The van der Waals surface area contributed by atoms with Gasteiger partial charge in [0.2, 0.25) is 5.88 Å². The van der Waals surface area contributed by atoms with Crippen molar-refractivity contribution in [2.45, 2.75) is 30.4 Å². The zero-order valence-corrected chi connectivity index (χ0v) is 20.1. The highest BCUT2D eigenvalue weighted by Gasteiger charge is 2.57. The van der Waals surface area contributed by atoms with Gasteiger partial charge in [0.15, 0.2) is 16.8 Å². The van der Waals surface area contributed by atoms with Gasteiger partial charge in [0.05, 0.1) is 31.5 Å². The van der Waals surface area contributed by atoms with Gasteiger partial charge in [-0.2, -0.15) is 0 Å². The number of aliphatic imine (C=N–C) groups is 1. The second-order valence-corrected chi connectivity index (χ2v) is 9.93. The number of amidine groups is 1. The number of carbonyl (C=O) groups excluding carboxylic acids is 1. The number of alkyl halides is 2. The Bertz CT molecular complexity index is 1100. The molecule has 1 unspecified atom stereocenters. The molecule has 0 saturated heterocycles. The van der Waals surface area contributed by atoms with Gasteiger partial charge in [0, 0.05) is 37.1 Å². The van der Waals surface area contributed by atoms with Crippen molar-refractivity contribution in [3.8, 4) is 5.88 Å². The number of rotatable bonds is 10. The molecule has 1 saturated carbocycles. The van der Waals surface area contributed by atoms with E-state index in [0.717, 1.165) is 30.2 Å². The molecule has 0 bridgehead atoms. The maximum Gasteiger partial charge on any atom is 0.275 e. The van der Waals surface area contributed by atoms with Gasteiger partial charge in [0.25, 0.3) is 11.8 Å². The topological polar surface area (TPSA) is 112 Å². The highest BCUT2D eigenvalue weighted by molar-refractivity contribution is 8.15. The van der Waals surface area contributed by atoms with E-state index in [1.54, 1.807) is 6.92 Å². The summed E-state index contributed by atoms with van der Waals surface area (Å²) in [6.45, 7) is 1.74. The molecule has 3 N–H and O–H groups in total. The van der Waals surface area contributed by atoms with Gasteiger partial charge < -0.3 is 20.5 Å². The van der Waals surface area contributed by atoms with E-state index in [2.05, 4.69) is 20.3 Å². The van der Waals surface area contributed by atoms with Crippen molar-refractivity contribution < 1.29 is 31.8 Å². The summed E-state index contributed by atoms with van der Waals surface area (Å²) in [4.78, 5) is 24.2. The molecule has 8 nitrogen and oxygen atoms in total. The highest BCUT2D eigenvalue weighted by atomic mass is 32.2. The summed E-state index contributed by atoms with van der Waals surface area (Å²) in [5, 5.41) is 2.71. The first kappa shape index (κ1) is 26.7. The number of aromatic nitrogens is 2. The lowest BCUT2D eigenvalue weighted by Crippen LogP contribution is -2.33. The van der Waals surface area contributed by atoms with Crippen molar-refractivity contribution >= 4 is 28.5 Å². The van der Waals surface area contributed by atoms with Gasteiger partial charge in [0.1, 0.15) is 5.69 Å². The highest BCUT2D eigenvalue weighted by Crippen LogP contribution is 2.48. The quantitative estimate of drug-likeness (QED) is 0.282. The molecule has 1 aliphatic rings. The molecule has 0 spiro atoms. The lowest BCUT2D eigenvalue weighted by molar-refractivity contribution is 0.0849. The molecule has 1 aliphatic carbocycles. The van der Waals surface area contributed by atoms with Crippen LogP contribution in [0.1, 0.15) is 29.4 Å². The first-order valence-electron chi connectivity index (χ1n) is 10.5. The monoisotopic (exact) mass is 515 g/mol. The number of nitrogens with zero attached hydrogens (tertiary/aromatic N) is 3. The van der Waals surface area contributed by atoms with Crippen LogP contribution in [-0.2, 0) is 11.2 Å². The van der Waals surface area contributed by atoms with Crippen LogP contribution in [0.4, 0.5) is 23.2 Å². The first-order valence-corrected chi connectivity index (χ1v) is 11.3. The molecule has 35 heavy (non-hydrogen) atoms. The van der Waals surface area contributed by atoms with Crippen LogP contribution in [0.3, 0.4) is 0 Å². The zero-order chi connectivity index (χ0) is 25.8. The third-order valence-corrected chi connectivity index (χ3v) is 6.34. The molecule has 1 heterocycles. The smallest absolute Gasteiger partial charge is 0.275 e. The molecule has 0 radical (unpaired) electrons. The normalized spacial score (nSPS) is 18.6. The number of ether oxygens (including phenoxy) is 2. The minimum atomic E-state index is -2.72. The number of hydrogen-bond donors (Lipinski definition) is 2. The zero-order valence-electron chi connectivity index (χ0n) is 19.3. The Morgan fingerprint density at radius 3 is 2.63 bits per heavy atom. The van der Waals surface area contributed by atoms with Crippen LogP contribution in [0.25, 0.3) is 0 Å². The van der Waals surface area contributed by atoms with Crippen molar-refractivity contribution in [3.63, 3.8) is 0 Å². The molecule has 1 aromatic heterocycles. The lowest BCUT2D eigenvalue weighted by Gasteiger charge is -2.28. The van der Waals surface area contributed by atoms with Crippen LogP contribution >= 0.6 is 11.8 Å². The Kier molecular flexibility index (Phi) is 8.21. The molecule has 1 fully saturated rings. The number of halogens is 4. The molecular weight excluding hydrogens is 490 g/mol. The van der Waals surface area contributed by atoms with Gasteiger partial charge in [-0.1, -0.05) is 11.8 Å². The van der Waals surface area contributed by atoms with Crippen LogP contribution in [0, 0.1) is 17.6 Å². The Morgan fingerprint density at radius 2 is 2.06 bits per heavy atom. The summed E-state index contributed by atoms with van der Waals surface area (Å²) in [7, 11) is 2.99. The average molecular weight is 516 g/mol. The van der Waals surface area contributed by atoms with Crippen LogP contribution in [0.15, 0.2) is 29.5 Å². The van der Waals surface area contributed by atoms with Crippen molar-refractivity contribution in [3.05, 3.63) is 47.4 Å². The van der Waals surface area contributed by atoms with Crippen molar-refractivity contribution in [1.29, 1.82) is 0 Å². The number of thioether (sulfide) groups is 1. The van der Waals surface area contributed by atoms with Gasteiger partial charge in [-0.25, -0.2) is 27.5 Å². The summed E-state index contributed by atoms with van der Waals surface area (Å²) < 4.78 is 64.4. The molecule has 190 valence electrons. The summed E-state index contributed by atoms with van der Waals surface area (Å²) in [6.07, 6.45) is 2.01. The van der Waals surface area contributed by atoms with E-state index in [-0.39, 0.29) is 54.0 Å². The molecule has 0 aliphatic heterocycles. The fourth-order valence-electron chi connectivity index (χ4n) is 3.31. The number of methoxy groups -OCH3 is 1. The molecule has 1 amide bonds. The number of carbonyl (C=O) groups is 1. The van der Waals surface area contributed by atoms with E-state index in [4.69, 9.17) is 15.2 Å². The van der Waals surface area contributed by atoms with E-state index < -0.39 is 34.1 Å². The molecule has 13 heteroatoms. The fourth-order valence-corrected chi connectivity index (χ4v) is 4.31. The number of hydrogen-bond acceptors (Lipinski definition) is 7. The summed E-state index contributed by atoms with van der Waals surface area (Å²) in [5.74, 6) is -6.52. The van der Waals surface area contributed by atoms with Gasteiger partial charge in [-0.15, -0.1) is 0 Å². The Labute approximate surface area is 203 Å². The molecular formula is C22H25F4N5O3S. The lowest BCUT2D eigenvalue weighted by atomic mass is 9.99. The molecule has 2 aromatic rings. The number of anilines is 1. The number of benzene rings is 1. The predicted molar refractivity (Wildman–Crippen MR) is 124 cm³/mol. The van der Waals surface area contributed by atoms with E-state index in [9.17, 15) is 22.4 Å². The number of amides is 1. The van der Waals surface area contributed by atoms with Crippen LogP contribution in [-0.4, -0.2) is 59.1 Å². The van der Waals surface area contributed by atoms with Gasteiger partial charge in [-0.3, -0.25) is 9.79 Å². The number of nitrogens with two attached hydrogens (primary N) is 1. The fraction of sp³-hybridized carbons (Fsp3) is 0.455. The summed E-state index contributed by atoms with van der Waals surface area (Å²) in [6, 6.07) is 2.16. The van der Waals surface area contributed by atoms with E-state index >= 15 is 0 Å². The van der Waals surface area contributed by atoms with Crippen molar-refractivity contribution in [2.75, 3.05) is 32.7 Å². The molecule has 3 rings (SSSR count). The summed E-state index contributed by atoms with van der Waals surface area (Å²) in [5.41, 5.74) is 5.68. The SMILES string of the molecule is C/N=C(/N)S[C@@](C)(COC)Cc1cc(NC(=O)c2cnc(OCC3CC3(F)F)cn2)cc(F)c1F. The minimum Gasteiger partial charge on any atom is -0.476 e. The van der Waals surface area contributed by atoms with Crippen molar-refractivity contribution in [2.24, 2.45) is 16.6 Å². The van der Waals surface area contributed by atoms with Crippen LogP contribution in [0.2, 0.25) is 0 Å². The Morgan fingerprint density at radius 1 is 1.34 bits per heavy atom. The van der Waals surface area contributed by atoms with E-state index in [0.29, 0.717) is 0 Å². The number of nitrogens with one attached hydrogen (secondary N) is 1. The van der Waals surface area contributed by atoms with Crippen LogP contribution in [0.5, 0.6) is 5.88 Å². The standard InChI is InChI=1S/C22H25F4N5O3S/c1-21(11-33-3,35-20(27)28-2)6-12-4-14(5-15(23)18(12)24)31-19(32)16-8-30-17(9-29-16)34-10-13-7-22(13,25)26/h4-5,8-9,13H,6-7,10-11H2,1-3H3,(H2,27,28)(H,31,32)/t13?,21-/m1/s1. The maximum atomic E-state index is 14.6. The second-order valence-electron chi connectivity index (χ2n) is 8.32. The predicted octanol–water partition coefficient (Wildman–Crippen LogP) is 3.67. The van der Waals surface area contributed by atoms with Gasteiger partial charge >= 0.3 is 0 Å². The first-order chi connectivity index (χ1) is 16.5. The second kappa shape index (κ2) is 10.8. The van der Waals surface area contributed by atoms with E-state index in [1.165, 1.54) is 20.2 Å². The summed E-state index contributed by atoms with van der Waals surface area (Å²) >= 11 is 1.16. The van der Waals surface area contributed by atoms with E-state index in [1.807, 2.05) is 0 Å². The Hall–Kier alpha value is -2.93. The largest absolute Gasteiger partial charge is 0.476 e. The van der Waals surface area contributed by atoms with Crippen molar-refractivity contribution in [1.82, 2.24) is 9.97 Å². The van der Waals surface area contributed by atoms with Gasteiger partial charge in [-0.05, 0) is 25.0 Å². The average Bonchev–Trinajstić information content (AvgIpc) is 3.42.